The number of nitrogens with one attached hydrogen (secondary N) is 1. The molecule has 0 amide bonds. The van der Waals surface area contributed by atoms with Gasteiger partial charge in [-0.05, 0) is 35.7 Å². The fourth-order valence-corrected chi connectivity index (χ4v) is 3.31. The number of anilines is 1. The summed E-state index contributed by atoms with van der Waals surface area (Å²) in [4.78, 5) is 6.33. The summed E-state index contributed by atoms with van der Waals surface area (Å²) in [5.41, 5.74) is 3.79. The second kappa shape index (κ2) is 7.01. The molecule has 2 aromatic rings. The molecule has 0 bridgehead atoms. The predicted molar refractivity (Wildman–Crippen MR) is 101 cm³/mol. The first-order chi connectivity index (χ1) is 11.2. The lowest BCUT2D eigenvalue weighted by atomic mass is 9.89. The van der Waals surface area contributed by atoms with Gasteiger partial charge in [-0.1, -0.05) is 52.8 Å². The normalized spacial score (nSPS) is 19.9. The summed E-state index contributed by atoms with van der Waals surface area (Å²) in [5, 5.41) is 3.67. The second-order valence-corrected chi connectivity index (χ2v) is 6.62. The largest absolute Gasteiger partial charge is 0.378 e. The van der Waals surface area contributed by atoms with Gasteiger partial charge in [-0.15, -0.1) is 0 Å². The minimum atomic E-state index is 0.280. The Kier molecular flexibility index (Phi) is 4.82. The van der Waals surface area contributed by atoms with E-state index in [9.17, 15) is 0 Å². The van der Waals surface area contributed by atoms with Crippen molar-refractivity contribution in [2.75, 3.05) is 12.4 Å². The number of para-hydroxylation sites is 1. The smallest absolute Gasteiger partial charge is 0.0907 e. The summed E-state index contributed by atoms with van der Waals surface area (Å²) < 4.78 is 1.10. The Labute approximate surface area is 145 Å². The lowest BCUT2D eigenvalue weighted by molar-refractivity contribution is 0.338. The number of fused-ring (bicyclic) bond motifs is 1. The molecule has 0 fully saturated rings. The molecule has 0 saturated heterocycles. The Morgan fingerprint density at radius 3 is 2.70 bits per heavy atom. The lowest BCUT2D eigenvalue weighted by Gasteiger charge is -2.37. The van der Waals surface area contributed by atoms with Crippen LogP contribution in [0.4, 0.5) is 5.69 Å². The standard InChI is InChI=1S/C19H20BrN3/c1-3-21-13-23(2)19-12-18(14-8-10-15(20)11-9-14)22-17-7-5-4-6-16(17)19/h3-11,13,18-19,22H,1,12H2,2H3. The first-order valence-corrected chi connectivity index (χ1v) is 8.45. The molecule has 1 heterocycles. The fourth-order valence-electron chi connectivity index (χ4n) is 3.05. The van der Waals surface area contributed by atoms with Gasteiger partial charge in [-0.3, -0.25) is 0 Å². The van der Waals surface area contributed by atoms with Crippen LogP contribution < -0.4 is 5.32 Å². The van der Waals surface area contributed by atoms with Crippen LogP contribution in [-0.2, 0) is 0 Å². The monoisotopic (exact) mass is 369 g/mol. The molecule has 1 aliphatic heterocycles. The molecule has 2 unspecified atom stereocenters. The van der Waals surface area contributed by atoms with E-state index in [2.05, 4.69) is 93.3 Å². The maximum absolute atomic E-state index is 4.17. The molecule has 0 aliphatic carbocycles. The van der Waals surface area contributed by atoms with Crippen molar-refractivity contribution in [1.82, 2.24) is 4.90 Å². The number of aliphatic imine (C=N–C) groups is 1. The second-order valence-electron chi connectivity index (χ2n) is 5.70. The van der Waals surface area contributed by atoms with Crippen LogP contribution in [0, 0.1) is 0 Å². The number of benzene rings is 2. The van der Waals surface area contributed by atoms with Gasteiger partial charge in [0.2, 0.25) is 0 Å². The molecule has 0 radical (unpaired) electrons. The topological polar surface area (TPSA) is 27.6 Å². The highest BCUT2D eigenvalue weighted by atomic mass is 79.9. The molecular formula is C19H20BrN3. The van der Waals surface area contributed by atoms with Crippen molar-refractivity contribution in [3.05, 3.63) is 76.9 Å². The zero-order valence-electron chi connectivity index (χ0n) is 13.1. The predicted octanol–water partition coefficient (Wildman–Crippen LogP) is 5.15. The van der Waals surface area contributed by atoms with Gasteiger partial charge < -0.3 is 10.2 Å². The van der Waals surface area contributed by atoms with Crippen molar-refractivity contribution in [2.24, 2.45) is 4.99 Å². The quantitative estimate of drug-likeness (QED) is 0.595. The summed E-state index contributed by atoms with van der Waals surface area (Å²) in [6.07, 6.45) is 4.40. The molecule has 23 heavy (non-hydrogen) atoms. The first kappa shape index (κ1) is 15.8. The van der Waals surface area contributed by atoms with E-state index in [1.165, 1.54) is 16.8 Å². The molecular weight excluding hydrogens is 350 g/mol. The van der Waals surface area contributed by atoms with Crippen LogP contribution in [0.15, 0.2) is 70.8 Å². The van der Waals surface area contributed by atoms with Gasteiger partial charge in [0.25, 0.3) is 0 Å². The van der Waals surface area contributed by atoms with Crippen LogP contribution in [0.1, 0.15) is 29.6 Å². The van der Waals surface area contributed by atoms with Gasteiger partial charge in [-0.25, -0.2) is 4.99 Å². The number of nitrogens with zero attached hydrogens (tertiary/aromatic N) is 2. The highest BCUT2D eigenvalue weighted by molar-refractivity contribution is 9.10. The minimum absolute atomic E-state index is 0.280. The Bertz CT molecular complexity index is 709. The van der Waals surface area contributed by atoms with Crippen molar-refractivity contribution in [3.63, 3.8) is 0 Å². The summed E-state index contributed by atoms with van der Waals surface area (Å²) >= 11 is 3.50. The molecule has 1 aliphatic rings. The van der Waals surface area contributed by atoms with Crippen LogP contribution in [0.2, 0.25) is 0 Å². The number of halogens is 1. The number of hydrogen-bond donors (Lipinski definition) is 1. The van der Waals surface area contributed by atoms with E-state index in [1.54, 1.807) is 6.20 Å². The lowest BCUT2D eigenvalue weighted by Crippen LogP contribution is -2.31. The Morgan fingerprint density at radius 2 is 1.96 bits per heavy atom. The van der Waals surface area contributed by atoms with Gasteiger partial charge in [0.05, 0.1) is 18.4 Å². The highest BCUT2D eigenvalue weighted by Crippen LogP contribution is 2.41. The van der Waals surface area contributed by atoms with Crippen molar-refractivity contribution < 1.29 is 0 Å². The van der Waals surface area contributed by atoms with E-state index in [0.29, 0.717) is 0 Å². The van der Waals surface area contributed by atoms with Crippen LogP contribution in [0.25, 0.3) is 0 Å². The van der Waals surface area contributed by atoms with Gasteiger partial charge in [-0.2, -0.15) is 0 Å². The van der Waals surface area contributed by atoms with E-state index in [-0.39, 0.29) is 12.1 Å². The number of rotatable bonds is 4. The minimum Gasteiger partial charge on any atom is -0.378 e. The van der Waals surface area contributed by atoms with Gasteiger partial charge >= 0.3 is 0 Å². The summed E-state index contributed by atoms with van der Waals surface area (Å²) in [5.74, 6) is 0. The highest BCUT2D eigenvalue weighted by Gasteiger charge is 2.29. The average molecular weight is 370 g/mol. The Morgan fingerprint density at radius 1 is 1.22 bits per heavy atom. The van der Waals surface area contributed by atoms with Crippen LogP contribution in [0.5, 0.6) is 0 Å². The average Bonchev–Trinajstić information content (AvgIpc) is 2.59. The van der Waals surface area contributed by atoms with Gasteiger partial charge in [0.1, 0.15) is 0 Å². The van der Waals surface area contributed by atoms with Crippen molar-refractivity contribution in [3.8, 4) is 0 Å². The van der Waals surface area contributed by atoms with Gasteiger partial charge in [0.15, 0.2) is 0 Å². The van der Waals surface area contributed by atoms with Crippen molar-refractivity contribution in [1.29, 1.82) is 0 Å². The molecule has 3 rings (SSSR count). The summed E-state index contributed by atoms with van der Waals surface area (Å²) in [6.45, 7) is 3.65. The van der Waals surface area contributed by atoms with E-state index in [1.807, 2.05) is 6.34 Å². The van der Waals surface area contributed by atoms with E-state index < -0.39 is 0 Å². The number of hydrogen-bond acceptors (Lipinski definition) is 2. The fraction of sp³-hybridized carbons (Fsp3) is 0.211. The first-order valence-electron chi connectivity index (χ1n) is 7.66. The van der Waals surface area contributed by atoms with Crippen LogP contribution >= 0.6 is 15.9 Å². The zero-order valence-corrected chi connectivity index (χ0v) is 14.7. The maximum atomic E-state index is 4.17. The van der Waals surface area contributed by atoms with Crippen LogP contribution in [-0.4, -0.2) is 18.3 Å². The third kappa shape index (κ3) is 3.48. The zero-order chi connectivity index (χ0) is 16.2. The summed E-state index contributed by atoms with van der Waals surface area (Å²) in [6, 6.07) is 17.6. The third-order valence-electron chi connectivity index (χ3n) is 4.23. The van der Waals surface area contributed by atoms with E-state index in [0.717, 1.165) is 10.9 Å². The Hall–Kier alpha value is -2.07. The molecule has 2 aromatic carbocycles. The molecule has 118 valence electrons. The molecule has 0 spiro atoms. The molecule has 0 saturated carbocycles. The van der Waals surface area contributed by atoms with Gasteiger partial charge in [0, 0.05) is 23.4 Å². The molecule has 0 aromatic heterocycles. The van der Waals surface area contributed by atoms with E-state index in [4.69, 9.17) is 0 Å². The van der Waals surface area contributed by atoms with E-state index >= 15 is 0 Å². The van der Waals surface area contributed by atoms with Crippen molar-refractivity contribution in [2.45, 2.75) is 18.5 Å². The maximum Gasteiger partial charge on any atom is 0.0907 e. The Balaban J connectivity index is 1.94. The SMILES string of the molecule is C=CN=CN(C)C1CC(c2ccc(Br)cc2)Nc2ccccc21. The molecule has 1 N–H and O–H groups in total. The van der Waals surface area contributed by atoms with Crippen molar-refractivity contribution >= 4 is 28.0 Å². The molecule has 2 atom stereocenters. The molecule has 4 heteroatoms. The third-order valence-corrected chi connectivity index (χ3v) is 4.76. The summed E-state index contributed by atoms with van der Waals surface area (Å²) in [7, 11) is 2.07. The van der Waals surface area contributed by atoms with Crippen LogP contribution in [0.3, 0.4) is 0 Å². The molecule has 3 nitrogen and oxygen atoms in total.